The molecule has 2 saturated heterocycles. The maximum atomic E-state index is 12.6. The number of hydrogen-bond donors (Lipinski definition) is 0. The first kappa shape index (κ1) is 19.1. The molecule has 0 aliphatic carbocycles. The predicted octanol–water partition coefficient (Wildman–Crippen LogP) is 2.91. The lowest BCUT2D eigenvalue weighted by atomic mass is 10.1. The molecule has 4 rings (SSSR count). The van der Waals surface area contributed by atoms with Crippen LogP contribution in [0, 0.1) is 0 Å². The molecule has 0 saturated carbocycles. The third-order valence-electron chi connectivity index (χ3n) is 5.40. The van der Waals surface area contributed by atoms with E-state index in [9.17, 15) is 4.79 Å². The summed E-state index contributed by atoms with van der Waals surface area (Å²) in [6, 6.07) is 12.4. The van der Waals surface area contributed by atoms with Crippen LogP contribution in [0.3, 0.4) is 0 Å². The van der Waals surface area contributed by atoms with E-state index >= 15 is 0 Å². The molecule has 0 bridgehead atoms. The lowest BCUT2D eigenvalue weighted by Crippen LogP contribution is -2.49. The molecule has 148 valence electrons. The number of anilines is 2. The van der Waals surface area contributed by atoms with E-state index in [2.05, 4.69) is 44.0 Å². The topological polar surface area (TPSA) is 52.6 Å². The third kappa shape index (κ3) is 4.76. The first-order valence-electron chi connectivity index (χ1n) is 10.1. The first-order valence-corrected chi connectivity index (χ1v) is 11.1. The Morgan fingerprint density at radius 1 is 0.893 bits per heavy atom. The van der Waals surface area contributed by atoms with E-state index in [1.807, 2.05) is 17.0 Å². The highest BCUT2D eigenvalue weighted by Gasteiger charge is 2.21. The van der Waals surface area contributed by atoms with Gasteiger partial charge in [-0.3, -0.25) is 4.79 Å². The van der Waals surface area contributed by atoms with Crippen LogP contribution in [0.1, 0.15) is 19.3 Å². The number of carbonyl (C=O) groups is 1. The van der Waals surface area contributed by atoms with Crippen LogP contribution < -0.4 is 9.80 Å². The molecular formula is C21H27N5OS. The summed E-state index contributed by atoms with van der Waals surface area (Å²) >= 11 is 1.51. The van der Waals surface area contributed by atoms with Gasteiger partial charge in [-0.2, -0.15) is 0 Å². The molecule has 0 radical (unpaired) electrons. The van der Waals surface area contributed by atoms with E-state index in [1.54, 1.807) is 6.33 Å². The van der Waals surface area contributed by atoms with Crippen molar-refractivity contribution < 1.29 is 4.79 Å². The van der Waals surface area contributed by atoms with Gasteiger partial charge in [0.15, 0.2) is 0 Å². The average molecular weight is 398 g/mol. The SMILES string of the molecule is O=C(CSc1cc(N2CCCCC2)ncn1)N1CCN(c2ccccc2)CC1. The van der Waals surface area contributed by atoms with E-state index < -0.39 is 0 Å². The standard InChI is InChI=1S/C21H27N5OS/c27-21(26-13-11-24(12-14-26)18-7-3-1-4-8-18)16-28-20-15-19(22-17-23-20)25-9-5-2-6-10-25/h1,3-4,7-8,15,17H,2,5-6,9-14,16H2. The molecular weight excluding hydrogens is 370 g/mol. The quantitative estimate of drug-likeness (QED) is 0.571. The maximum absolute atomic E-state index is 12.6. The van der Waals surface area contributed by atoms with E-state index in [0.717, 1.165) is 50.1 Å². The Morgan fingerprint density at radius 2 is 1.64 bits per heavy atom. The van der Waals surface area contributed by atoms with Crippen LogP contribution in [-0.2, 0) is 4.79 Å². The minimum atomic E-state index is 0.191. The van der Waals surface area contributed by atoms with Gasteiger partial charge in [-0.15, -0.1) is 0 Å². The number of para-hydroxylation sites is 1. The summed E-state index contributed by atoms with van der Waals surface area (Å²) in [7, 11) is 0. The van der Waals surface area contributed by atoms with Crippen molar-refractivity contribution in [3.05, 3.63) is 42.7 Å². The predicted molar refractivity (Wildman–Crippen MR) is 114 cm³/mol. The highest BCUT2D eigenvalue weighted by Crippen LogP contribution is 2.23. The number of nitrogens with zero attached hydrogens (tertiary/aromatic N) is 5. The second kappa shape index (κ2) is 9.28. The van der Waals surface area contributed by atoms with E-state index in [0.29, 0.717) is 5.75 Å². The largest absolute Gasteiger partial charge is 0.368 e. The van der Waals surface area contributed by atoms with Crippen molar-refractivity contribution >= 4 is 29.2 Å². The van der Waals surface area contributed by atoms with Gasteiger partial charge in [0, 0.05) is 51.0 Å². The number of aromatic nitrogens is 2. The highest BCUT2D eigenvalue weighted by molar-refractivity contribution is 7.99. The zero-order valence-corrected chi connectivity index (χ0v) is 17.0. The number of hydrogen-bond acceptors (Lipinski definition) is 6. The van der Waals surface area contributed by atoms with Crippen LogP contribution in [-0.4, -0.2) is 65.8 Å². The molecule has 1 amide bonds. The van der Waals surface area contributed by atoms with Crippen molar-refractivity contribution in [1.29, 1.82) is 0 Å². The van der Waals surface area contributed by atoms with Crippen LogP contribution in [0.2, 0.25) is 0 Å². The third-order valence-corrected chi connectivity index (χ3v) is 6.32. The number of piperidine rings is 1. The lowest BCUT2D eigenvalue weighted by molar-refractivity contribution is -0.128. The van der Waals surface area contributed by atoms with E-state index in [1.165, 1.54) is 36.7 Å². The van der Waals surface area contributed by atoms with Gasteiger partial charge in [-0.05, 0) is 31.4 Å². The van der Waals surface area contributed by atoms with Crippen LogP contribution in [0.25, 0.3) is 0 Å². The fourth-order valence-electron chi connectivity index (χ4n) is 3.78. The Kier molecular flexibility index (Phi) is 6.31. The van der Waals surface area contributed by atoms with Crippen molar-refractivity contribution in [2.24, 2.45) is 0 Å². The zero-order valence-electron chi connectivity index (χ0n) is 16.2. The number of amides is 1. The van der Waals surface area contributed by atoms with Gasteiger partial charge >= 0.3 is 0 Å². The molecule has 2 aliphatic rings. The average Bonchev–Trinajstić information content (AvgIpc) is 2.79. The summed E-state index contributed by atoms with van der Waals surface area (Å²) in [5.74, 6) is 1.61. The Labute approximate surface area is 170 Å². The van der Waals surface area contributed by atoms with Gasteiger partial charge in [0.1, 0.15) is 17.2 Å². The van der Waals surface area contributed by atoms with Crippen LogP contribution in [0.4, 0.5) is 11.5 Å². The second-order valence-corrected chi connectivity index (χ2v) is 8.25. The molecule has 2 aromatic rings. The number of carbonyl (C=O) groups excluding carboxylic acids is 1. The molecule has 2 fully saturated rings. The summed E-state index contributed by atoms with van der Waals surface area (Å²) in [6.45, 7) is 5.44. The molecule has 7 heteroatoms. The van der Waals surface area contributed by atoms with Crippen molar-refractivity contribution in [3.63, 3.8) is 0 Å². The lowest BCUT2D eigenvalue weighted by Gasteiger charge is -2.36. The number of rotatable bonds is 5. The van der Waals surface area contributed by atoms with Gasteiger partial charge in [0.05, 0.1) is 5.75 Å². The van der Waals surface area contributed by atoms with Gasteiger partial charge in [-0.25, -0.2) is 9.97 Å². The molecule has 0 spiro atoms. The molecule has 6 nitrogen and oxygen atoms in total. The number of thioether (sulfide) groups is 1. The maximum Gasteiger partial charge on any atom is 0.233 e. The molecule has 0 N–H and O–H groups in total. The summed E-state index contributed by atoms with van der Waals surface area (Å²) in [6.07, 6.45) is 5.37. The molecule has 1 aromatic carbocycles. The summed E-state index contributed by atoms with van der Waals surface area (Å²) < 4.78 is 0. The van der Waals surface area contributed by atoms with Crippen molar-refractivity contribution in [3.8, 4) is 0 Å². The number of piperazine rings is 1. The Hall–Kier alpha value is -2.28. The fraction of sp³-hybridized carbons (Fsp3) is 0.476. The molecule has 28 heavy (non-hydrogen) atoms. The summed E-state index contributed by atoms with van der Waals surface area (Å²) in [4.78, 5) is 28.0. The smallest absolute Gasteiger partial charge is 0.233 e. The normalized spacial score (nSPS) is 17.6. The monoisotopic (exact) mass is 397 g/mol. The number of benzene rings is 1. The van der Waals surface area contributed by atoms with Crippen LogP contribution in [0.15, 0.2) is 47.8 Å². The Balaban J connectivity index is 1.27. The van der Waals surface area contributed by atoms with Gasteiger partial charge in [0.2, 0.25) is 5.91 Å². The molecule has 0 atom stereocenters. The first-order chi connectivity index (χ1) is 13.8. The van der Waals surface area contributed by atoms with Crippen molar-refractivity contribution in [2.75, 3.05) is 54.8 Å². The molecule has 3 heterocycles. The Morgan fingerprint density at radius 3 is 2.39 bits per heavy atom. The van der Waals surface area contributed by atoms with Crippen LogP contribution >= 0.6 is 11.8 Å². The fourth-order valence-corrected chi connectivity index (χ4v) is 4.55. The Bertz CT molecular complexity index is 773. The second-order valence-electron chi connectivity index (χ2n) is 7.25. The zero-order chi connectivity index (χ0) is 19.2. The van der Waals surface area contributed by atoms with Crippen molar-refractivity contribution in [2.45, 2.75) is 24.3 Å². The molecule has 2 aliphatic heterocycles. The van der Waals surface area contributed by atoms with Gasteiger partial charge < -0.3 is 14.7 Å². The molecule has 1 aromatic heterocycles. The molecule has 0 unspecified atom stereocenters. The van der Waals surface area contributed by atoms with Gasteiger partial charge in [0.25, 0.3) is 0 Å². The van der Waals surface area contributed by atoms with Gasteiger partial charge in [-0.1, -0.05) is 30.0 Å². The van der Waals surface area contributed by atoms with Crippen LogP contribution in [0.5, 0.6) is 0 Å². The minimum Gasteiger partial charge on any atom is -0.368 e. The van der Waals surface area contributed by atoms with E-state index in [-0.39, 0.29) is 5.91 Å². The summed E-state index contributed by atoms with van der Waals surface area (Å²) in [5.41, 5.74) is 1.23. The minimum absolute atomic E-state index is 0.191. The highest BCUT2D eigenvalue weighted by atomic mass is 32.2. The van der Waals surface area contributed by atoms with E-state index in [4.69, 9.17) is 0 Å². The van der Waals surface area contributed by atoms with Crippen molar-refractivity contribution in [1.82, 2.24) is 14.9 Å². The summed E-state index contributed by atoms with van der Waals surface area (Å²) in [5, 5.41) is 0.881.